The molecule has 2 aliphatic rings. The summed E-state index contributed by atoms with van der Waals surface area (Å²) in [5, 5.41) is 6.87. The number of carbonyl (C=O) groups excluding carboxylic acids is 1. The van der Waals surface area contributed by atoms with Crippen LogP contribution in [0.25, 0.3) is 11.2 Å². The van der Waals surface area contributed by atoms with Gasteiger partial charge in [-0.05, 0) is 87.9 Å². The second-order valence-electron chi connectivity index (χ2n) is 10.5. The quantitative estimate of drug-likeness (QED) is 0.463. The summed E-state index contributed by atoms with van der Waals surface area (Å²) in [6, 6.07) is 11.2. The van der Waals surface area contributed by atoms with Gasteiger partial charge in [0, 0.05) is 43.4 Å². The maximum absolute atomic E-state index is 12.6. The van der Waals surface area contributed by atoms with Gasteiger partial charge in [-0.25, -0.2) is 9.97 Å². The van der Waals surface area contributed by atoms with Crippen LogP contribution >= 0.6 is 0 Å². The summed E-state index contributed by atoms with van der Waals surface area (Å²) < 4.78 is 2.24. The second-order valence-corrected chi connectivity index (χ2v) is 10.5. The van der Waals surface area contributed by atoms with Crippen LogP contribution in [0, 0.1) is 12.8 Å². The number of nitrogens with one attached hydrogen (secondary N) is 2. The van der Waals surface area contributed by atoms with Crippen molar-refractivity contribution >= 4 is 22.8 Å². The van der Waals surface area contributed by atoms with Crippen molar-refractivity contribution in [3.05, 3.63) is 53.5 Å². The minimum Gasteiger partial charge on any atom is -0.382 e. The Kier molecular flexibility index (Phi) is 7.85. The van der Waals surface area contributed by atoms with Gasteiger partial charge in [-0.1, -0.05) is 19.1 Å². The number of anilines is 1. The lowest BCUT2D eigenvalue weighted by atomic mass is 9.85. The molecule has 1 aromatic carbocycles. The van der Waals surface area contributed by atoms with Gasteiger partial charge in [0.1, 0.15) is 11.3 Å². The van der Waals surface area contributed by atoms with E-state index in [4.69, 9.17) is 4.98 Å². The molecule has 0 unspecified atom stereocenters. The van der Waals surface area contributed by atoms with E-state index >= 15 is 0 Å². The minimum atomic E-state index is 0.166. The van der Waals surface area contributed by atoms with E-state index in [1.54, 1.807) is 0 Å². The highest BCUT2D eigenvalue weighted by atomic mass is 16.1. The highest BCUT2D eigenvalue weighted by Gasteiger charge is 2.26. The standard InChI is InChI=1S/C29H40N6O/c1-3-26-33-27-21(2)14-15-30-28(27)35(26)20-22-6-10-24(11-7-22)32-25-12-8-23(9-13-25)29(36)31-16-19-34-17-4-5-18-34/h6-7,10-11,14-15,23,25,32H,3-5,8-9,12-13,16-20H2,1-2H3,(H,31,36). The molecule has 1 saturated heterocycles. The number of rotatable bonds is 9. The zero-order valence-corrected chi connectivity index (χ0v) is 21.8. The third-order valence-corrected chi connectivity index (χ3v) is 7.92. The molecule has 3 heterocycles. The number of carbonyl (C=O) groups is 1. The number of hydrogen-bond acceptors (Lipinski definition) is 5. The molecule has 2 N–H and O–H groups in total. The van der Waals surface area contributed by atoms with Gasteiger partial charge in [-0.3, -0.25) is 4.79 Å². The fourth-order valence-electron chi connectivity index (χ4n) is 5.73. The smallest absolute Gasteiger partial charge is 0.223 e. The highest BCUT2D eigenvalue weighted by molar-refractivity contribution is 5.78. The molecule has 36 heavy (non-hydrogen) atoms. The SMILES string of the molecule is CCc1nc2c(C)ccnc2n1Cc1ccc(NC2CCC(C(=O)NCCN3CCCC3)CC2)cc1. The summed E-state index contributed by atoms with van der Waals surface area (Å²) in [5.41, 5.74) is 5.53. The van der Waals surface area contributed by atoms with Crippen LogP contribution in [0.3, 0.4) is 0 Å². The summed E-state index contributed by atoms with van der Waals surface area (Å²) in [4.78, 5) is 24.5. The van der Waals surface area contributed by atoms with Crippen molar-refractivity contribution in [1.29, 1.82) is 0 Å². The summed E-state index contributed by atoms with van der Waals surface area (Å²) >= 11 is 0. The van der Waals surface area contributed by atoms with E-state index < -0.39 is 0 Å². The molecule has 1 aliphatic heterocycles. The molecule has 3 aromatic rings. The molecule has 0 spiro atoms. The number of pyridine rings is 1. The molecule has 2 aromatic heterocycles. The third-order valence-electron chi connectivity index (χ3n) is 7.92. The summed E-state index contributed by atoms with van der Waals surface area (Å²) in [6.45, 7) is 9.16. The molecule has 0 radical (unpaired) electrons. The number of likely N-dealkylation sites (tertiary alicyclic amines) is 1. The molecule has 7 heteroatoms. The van der Waals surface area contributed by atoms with Gasteiger partial charge in [0.15, 0.2) is 5.65 Å². The number of amides is 1. The van der Waals surface area contributed by atoms with Crippen LogP contribution in [0.15, 0.2) is 36.5 Å². The molecule has 0 bridgehead atoms. The summed E-state index contributed by atoms with van der Waals surface area (Å²) in [5.74, 6) is 1.49. The van der Waals surface area contributed by atoms with Crippen LogP contribution in [0.1, 0.15) is 62.4 Å². The molecular formula is C29H40N6O. The van der Waals surface area contributed by atoms with E-state index in [0.717, 1.165) is 74.4 Å². The van der Waals surface area contributed by atoms with Crippen LogP contribution in [-0.4, -0.2) is 57.6 Å². The van der Waals surface area contributed by atoms with Crippen LogP contribution in [0.4, 0.5) is 5.69 Å². The van der Waals surface area contributed by atoms with Crippen molar-refractivity contribution in [2.45, 2.75) is 71.4 Å². The Hall–Kier alpha value is -2.93. The largest absolute Gasteiger partial charge is 0.382 e. The monoisotopic (exact) mass is 488 g/mol. The van der Waals surface area contributed by atoms with Crippen molar-refractivity contribution in [3.63, 3.8) is 0 Å². The number of hydrogen-bond donors (Lipinski definition) is 2. The van der Waals surface area contributed by atoms with E-state index in [-0.39, 0.29) is 11.8 Å². The Balaban J connectivity index is 1.10. The Morgan fingerprint density at radius 3 is 2.53 bits per heavy atom. The van der Waals surface area contributed by atoms with E-state index in [1.165, 1.54) is 37.1 Å². The molecule has 7 nitrogen and oxygen atoms in total. The fraction of sp³-hybridized carbons (Fsp3) is 0.552. The molecule has 1 saturated carbocycles. The molecule has 0 atom stereocenters. The predicted octanol–water partition coefficient (Wildman–Crippen LogP) is 4.53. The van der Waals surface area contributed by atoms with Gasteiger partial charge in [0.2, 0.25) is 5.91 Å². The van der Waals surface area contributed by atoms with Gasteiger partial charge < -0.3 is 20.1 Å². The van der Waals surface area contributed by atoms with Crippen LogP contribution < -0.4 is 10.6 Å². The number of aromatic nitrogens is 3. The van der Waals surface area contributed by atoms with Gasteiger partial charge in [-0.2, -0.15) is 0 Å². The molecule has 1 amide bonds. The van der Waals surface area contributed by atoms with Crippen molar-refractivity contribution in [2.24, 2.45) is 5.92 Å². The number of fused-ring (bicyclic) bond motifs is 1. The van der Waals surface area contributed by atoms with Crippen molar-refractivity contribution in [2.75, 3.05) is 31.5 Å². The topological polar surface area (TPSA) is 75.1 Å². The van der Waals surface area contributed by atoms with Crippen molar-refractivity contribution in [1.82, 2.24) is 24.8 Å². The van der Waals surface area contributed by atoms with Gasteiger partial charge in [0.05, 0.1) is 6.54 Å². The summed E-state index contributed by atoms with van der Waals surface area (Å²) in [7, 11) is 0. The maximum atomic E-state index is 12.6. The molecule has 5 rings (SSSR count). The van der Waals surface area contributed by atoms with Crippen LogP contribution in [0.2, 0.25) is 0 Å². The lowest BCUT2D eigenvalue weighted by Gasteiger charge is -2.29. The number of benzene rings is 1. The molecule has 2 fully saturated rings. The van der Waals surface area contributed by atoms with Gasteiger partial charge >= 0.3 is 0 Å². The van der Waals surface area contributed by atoms with Crippen molar-refractivity contribution in [3.8, 4) is 0 Å². The Morgan fingerprint density at radius 2 is 1.81 bits per heavy atom. The number of nitrogens with zero attached hydrogens (tertiary/aromatic N) is 4. The lowest BCUT2D eigenvalue weighted by Crippen LogP contribution is -2.39. The van der Waals surface area contributed by atoms with Gasteiger partial charge in [-0.15, -0.1) is 0 Å². The molecule has 192 valence electrons. The number of aryl methyl sites for hydroxylation is 2. The normalized spacial score (nSPS) is 20.6. The zero-order chi connectivity index (χ0) is 24.9. The van der Waals surface area contributed by atoms with E-state index in [2.05, 4.69) is 63.2 Å². The lowest BCUT2D eigenvalue weighted by molar-refractivity contribution is -0.126. The van der Waals surface area contributed by atoms with Crippen LogP contribution in [-0.2, 0) is 17.8 Å². The Morgan fingerprint density at radius 1 is 1.06 bits per heavy atom. The van der Waals surface area contributed by atoms with E-state index in [0.29, 0.717) is 6.04 Å². The first-order valence-corrected chi connectivity index (χ1v) is 13.8. The minimum absolute atomic E-state index is 0.166. The third kappa shape index (κ3) is 5.72. The van der Waals surface area contributed by atoms with Gasteiger partial charge in [0.25, 0.3) is 0 Å². The van der Waals surface area contributed by atoms with E-state index in [1.807, 2.05) is 12.3 Å². The molecule has 1 aliphatic carbocycles. The number of imidazole rings is 1. The highest BCUT2D eigenvalue weighted by Crippen LogP contribution is 2.27. The molecular weight excluding hydrogens is 448 g/mol. The first-order valence-electron chi connectivity index (χ1n) is 13.8. The Labute approximate surface area is 214 Å². The Bertz CT molecular complexity index is 1160. The average molecular weight is 489 g/mol. The maximum Gasteiger partial charge on any atom is 0.223 e. The fourth-order valence-corrected chi connectivity index (χ4v) is 5.73. The summed E-state index contributed by atoms with van der Waals surface area (Å²) in [6.07, 6.45) is 9.36. The van der Waals surface area contributed by atoms with Crippen molar-refractivity contribution < 1.29 is 4.79 Å². The van der Waals surface area contributed by atoms with E-state index in [9.17, 15) is 4.79 Å². The first-order chi connectivity index (χ1) is 17.6. The predicted molar refractivity (Wildman–Crippen MR) is 145 cm³/mol. The first kappa shape index (κ1) is 24.8. The second kappa shape index (κ2) is 11.4. The zero-order valence-electron chi connectivity index (χ0n) is 21.8. The average Bonchev–Trinajstić information content (AvgIpc) is 3.54. The van der Waals surface area contributed by atoms with Crippen LogP contribution in [0.5, 0.6) is 0 Å².